The molecule has 0 bridgehead atoms. The standard InChI is InChI=1S/C50H88N14O8S/c1-28(2)24-38(62-48(71)40(26-30(5)6)63-47(70)39(25-29(3)4)61-44(67)37(20-23-73-10)58-32(9)65)46(69)59-36(15-13-22-56-50(54)55)45(68)64-41(31(7)8)49(72)60-35(14-11-12-21-51)43(66)57-27-33-16-18-34(19-17-33)42(52)53/h16-19,28-31,35-41H,11-15,20-27,51H2,1-10H3,(H3,52,53)(H,57,66)(H,58,65)(H,59,69)(H,60,72)(H,61,67)(H,62,71)(H,63,70)(H,64,68)(H4,54,55,56)/t35-,36-,37-,38-,39-,40-,41-/m0/s1. The van der Waals surface area contributed by atoms with Crippen LogP contribution in [0.4, 0.5) is 0 Å². The smallest absolute Gasteiger partial charge is 0.243 e. The molecule has 0 aliphatic carbocycles. The Morgan fingerprint density at radius 2 is 0.986 bits per heavy atom. The predicted octanol–water partition coefficient (Wildman–Crippen LogP) is 0.730. The predicted molar refractivity (Wildman–Crippen MR) is 288 cm³/mol. The minimum Gasteiger partial charge on any atom is -0.384 e. The van der Waals surface area contributed by atoms with Gasteiger partial charge in [-0.15, -0.1) is 0 Å². The summed E-state index contributed by atoms with van der Waals surface area (Å²) in [6, 6.07) is -0.824. The molecule has 23 heteroatoms. The Hall–Kier alpha value is -5.97. The number of hydrogen-bond acceptors (Lipinski definition) is 12. The van der Waals surface area contributed by atoms with Crippen molar-refractivity contribution in [2.75, 3.05) is 25.1 Å². The first-order valence-corrected chi connectivity index (χ1v) is 26.7. The third-order valence-electron chi connectivity index (χ3n) is 11.5. The number of carbonyl (C=O) groups is 8. The Morgan fingerprint density at radius 3 is 1.41 bits per heavy atom. The minimum atomic E-state index is -1.25. The van der Waals surface area contributed by atoms with Gasteiger partial charge in [0.15, 0.2) is 5.96 Å². The van der Waals surface area contributed by atoms with Gasteiger partial charge in [-0.3, -0.25) is 48.8 Å². The number of aliphatic imine (C=N–C) groups is 1. The van der Waals surface area contributed by atoms with Crippen LogP contribution in [0, 0.1) is 29.1 Å². The summed E-state index contributed by atoms with van der Waals surface area (Å²) in [5.74, 6) is -5.11. The second-order valence-corrected chi connectivity index (χ2v) is 21.0. The van der Waals surface area contributed by atoms with E-state index in [0.29, 0.717) is 37.1 Å². The van der Waals surface area contributed by atoms with E-state index in [1.165, 1.54) is 18.7 Å². The number of amides is 8. The number of thioether (sulfide) groups is 1. The van der Waals surface area contributed by atoms with Gasteiger partial charge in [-0.1, -0.05) is 79.7 Å². The monoisotopic (exact) mass is 1040 g/mol. The summed E-state index contributed by atoms with van der Waals surface area (Å²) in [5.41, 5.74) is 23.7. The highest BCUT2D eigenvalue weighted by atomic mass is 32.2. The van der Waals surface area contributed by atoms with Gasteiger partial charge in [0.05, 0.1) is 0 Å². The van der Waals surface area contributed by atoms with E-state index in [1.807, 2.05) is 47.8 Å². The normalized spacial score (nSPS) is 14.1. The number of hydrogen-bond donors (Lipinski definition) is 13. The topological polar surface area (TPSA) is 373 Å². The van der Waals surface area contributed by atoms with Crippen molar-refractivity contribution in [3.8, 4) is 0 Å². The second-order valence-electron chi connectivity index (χ2n) is 20.0. The zero-order valence-corrected chi connectivity index (χ0v) is 45.6. The van der Waals surface area contributed by atoms with Gasteiger partial charge in [0.25, 0.3) is 0 Å². The molecule has 0 fully saturated rings. The zero-order chi connectivity index (χ0) is 55.4. The van der Waals surface area contributed by atoms with Crippen molar-refractivity contribution in [1.29, 1.82) is 5.41 Å². The Morgan fingerprint density at radius 1 is 0.562 bits per heavy atom. The summed E-state index contributed by atoms with van der Waals surface area (Å²) in [6.45, 7) is 16.6. The summed E-state index contributed by atoms with van der Waals surface area (Å²) in [4.78, 5) is 114. The molecule has 1 rings (SSSR count). The maximum absolute atomic E-state index is 14.3. The van der Waals surface area contributed by atoms with Crippen LogP contribution in [0.3, 0.4) is 0 Å². The first kappa shape index (κ1) is 65.0. The van der Waals surface area contributed by atoms with Gasteiger partial charge < -0.3 is 65.5 Å². The van der Waals surface area contributed by atoms with E-state index < -0.39 is 95.5 Å². The van der Waals surface area contributed by atoms with Crippen LogP contribution >= 0.6 is 11.8 Å². The fourth-order valence-electron chi connectivity index (χ4n) is 7.65. The third kappa shape index (κ3) is 26.5. The second kappa shape index (κ2) is 34.5. The van der Waals surface area contributed by atoms with Crippen LogP contribution in [0.1, 0.15) is 131 Å². The SMILES string of the molecule is CSCC[C@H](NC(C)=O)C(=O)N[C@@H](CC(C)C)C(=O)N[C@@H](CC(C)C)C(=O)N[C@@H](CC(C)C)C(=O)N[C@@H](CCCN=C(N)N)C(=O)N[C@H](C(=O)N[C@@H](CCCCN)C(=O)NCc1ccc(C(=N)N)cc1)C(C)C. The Labute approximate surface area is 436 Å². The number of amidine groups is 1. The van der Waals surface area contributed by atoms with E-state index in [0.717, 1.165) is 5.56 Å². The van der Waals surface area contributed by atoms with Crippen molar-refractivity contribution in [2.24, 2.45) is 51.6 Å². The maximum atomic E-state index is 14.3. The third-order valence-corrected chi connectivity index (χ3v) is 12.1. The number of nitrogens with one attached hydrogen (secondary N) is 9. The molecule has 22 nitrogen and oxygen atoms in total. The lowest BCUT2D eigenvalue weighted by Gasteiger charge is -2.29. The molecule has 8 amide bonds. The van der Waals surface area contributed by atoms with E-state index in [-0.39, 0.29) is 81.2 Å². The summed E-state index contributed by atoms with van der Waals surface area (Å²) in [7, 11) is 0. The van der Waals surface area contributed by atoms with Crippen molar-refractivity contribution in [3.05, 3.63) is 35.4 Å². The van der Waals surface area contributed by atoms with Gasteiger partial charge in [-0.25, -0.2) is 0 Å². The molecule has 1 aromatic carbocycles. The summed E-state index contributed by atoms with van der Waals surface area (Å²) >= 11 is 1.51. The molecule has 0 aliphatic rings. The lowest BCUT2D eigenvalue weighted by molar-refractivity contribution is -0.136. The van der Waals surface area contributed by atoms with Crippen molar-refractivity contribution in [1.82, 2.24) is 42.5 Å². The van der Waals surface area contributed by atoms with E-state index in [1.54, 1.807) is 38.1 Å². The highest BCUT2D eigenvalue weighted by Crippen LogP contribution is 2.14. The molecule has 73 heavy (non-hydrogen) atoms. The van der Waals surface area contributed by atoms with Crippen LogP contribution in [-0.2, 0) is 44.9 Å². The van der Waals surface area contributed by atoms with Crippen molar-refractivity contribution in [2.45, 2.75) is 169 Å². The molecule has 0 unspecified atom stereocenters. The van der Waals surface area contributed by atoms with Crippen LogP contribution in [0.15, 0.2) is 29.3 Å². The Bertz CT molecular complexity index is 1980. The fourth-order valence-corrected chi connectivity index (χ4v) is 8.12. The molecular weight excluding hydrogens is 957 g/mol. The average Bonchev–Trinajstić information content (AvgIpc) is 3.30. The van der Waals surface area contributed by atoms with Crippen molar-refractivity contribution in [3.63, 3.8) is 0 Å². The molecule has 0 spiro atoms. The zero-order valence-electron chi connectivity index (χ0n) is 44.8. The molecular formula is C50H88N14O8S. The minimum absolute atomic E-state index is 0.0235. The summed E-state index contributed by atoms with van der Waals surface area (Å²) < 4.78 is 0. The largest absolute Gasteiger partial charge is 0.384 e. The average molecular weight is 1050 g/mol. The molecule has 0 saturated heterocycles. The summed E-state index contributed by atoms with van der Waals surface area (Å²) in [6.07, 6.45) is 4.42. The van der Waals surface area contributed by atoms with Gasteiger partial charge in [0.1, 0.15) is 48.1 Å². The maximum Gasteiger partial charge on any atom is 0.243 e. The Kier molecular flexibility index (Phi) is 30.7. The van der Waals surface area contributed by atoms with Crippen LogP contribution in [0.25, 0.3) is 0 Å². The van der Waals surface area contributed by atoms with E-state index in [4.69, 9.17) is 28.3 Å². The van der Waals surface area contributed by atoms with E-state index in [9.17, 15) is 38.4 Å². The first-order chi connectivity index (χ1) is 34.3. The molecule has 0 heterocycles. The number of nitrogens with zero attached hydrogens (tertiary/aromatic N) is 1. The van der Waals surface area contributed by atoms with Crippen molar-refractivity contribution < 1.29 is 38.4 Å². The Balaban J connectivity index is 3.45. The van der Waals surface area contributed by atoms with Crippen LogP contribution in [0.2, 0.25) is 0 Å². The highest BCUT2D eigenvalue weighted by Gasteiger charge is 2.35. The van der Waals surface area contributed by atoms with Gasteiger partial charge >= 0.3 is 0 Å². The molecule has 17 N–H and O–H groups in total. The van der Waals surface area contributed by atoms with Gasteiger partial charge in [-0.2, -0.15) is 11.8 Å². The van der Waals surface area contributed by atoms with E-state index in [2.05, 4.69) is 47.5 Å². The number of benzene rings is 1. The van der Waals surface area contributed by atoms with Gasteiger partial charge in [0.2, 0.25) is 47.3 Å². The molecule has 0 saturated carbocycles. The van der Waals surface area contributed by atoms with Crippen LogP contribution < -0.4 is 65.5 Å². The highest BCUT2D eigenvalue weighted by molar-refractivity contribution is 7.98. The van der Waals surface area contributed by atoms with Crippen molar-refractivity contribution >= 4 is 70.8 Å². The lowest BCUT2D eigenvalue weighted by Crippen LogP contribution is -2.61. The fraction of sp³-hybridized carbons (Fsp3) is 0.680. The van der Waals surface area contributed by atoms with Crippen LogP contribution in [-0.4, -0.2) is 126 Å². The molecule has 0 aromatic heterocycles. The molecule has 0 aliphatic heterocycles. The molecule has 0 radical (unpaired) electrons. The number of carbonyl (C=O) groups excluding carboxylic acids is 8. The number of rotatable bonds is 35. The number of nitrogens with two attached hydrogens (primary N) is 4. The first-order valence-electron chi connectivity index (χ1n) is 25.3. The van der Waals surface area contributed by atoms with Gasteiger partial charge in [-0.05, 0) is 106 Å². The molecule has 1 aromatic rings. The van der Waals surface area contributed by atoms with E-state index >= 15 is 0 Å². The van der Waals surface area contributed by atoms with Crippen LogP contribution in [0.5, 0.6) is 0 Å². The summed E-state index contributed by atoms with van der Waals surface area (Å²) in [5, 5.41) is 29.9. The number of nitrogen functional groups attached to an aromatic ring is 1. The number of guanidine groups is 1. The lowest BCUT2D eigenvalue weighted by atomic mass is 9.98. The quantitative estimate of drug-likeness (QED) is 0.0254. The van der Waals surface area contributed by atoms with Gasteiger partial charge in [0, 0.05) is 25.6 Å². The molecule has 7 atom stereocenters. The molecule has 412 valence electrons. The number of unbranched alkanes of at least 4 members (excludes halogenated alkanes) is 1.